The lowest BCUT2D eigenvalue weighted by Gasteiger charge is -2.26. The Kier molecular flexibility index (Phi) is 6.52. The molecule has 7 heteroatoms. The molecule has 1 fully saturated rings. The van der Waals surface area contributed by atoms with Gasteiger partial charge in [0.2, 0.25) is 0 Å². The van der Waals surface area contributed by atoms with Crippen LogP contribution in [0.2, 0.25) is 0 Å². The molecule has 22 heavy (non-hydrogen) atoms. The van der Waals surface area contributed by atoms with Gasteiger partial charge in [0.25, 0.3) is 0 Å². The minimum Gasteiger partial charge on any atom is -0.444 e. The number of ether oxygens (including phenoxy) is 1. The zero-order valence-corrected chi connectivity index (χ0v) is 14.2. The molecule has 1 heterocycles. The highest BCUT2D eigenvalue weighted by Crippen LogP contribution is 2.19. The van der Waals surface area contributed by atoms with Gasteiger partial charge in [0, 0.05) is 26.4 Å². The molecule has 1 atom stereocenters. The highest BCUT2D eigenvalue weighted by atomic mass is 16.6. The van der Waals surface area contributed by atoms with Crippen molar-refractivity contribution in [1.82, 2.24) is 9.91 Å². The number of hydrogen-bond acceptors (Lipinski definition) is 4. The second kappa shape index (κ2) is 7.91. The molecule has 0 saturated carbocycles. The average Bonchev–Trinajstić information content (AvgIpc) is 2.87. The Morgan fingerprint density at radius 2 is 2.18 bits per heavy atom. The predicted octanol–water partition coefficient (Wildman–Crippen LogP) is 2.38. The van der Waals surface area contributed by atoms with Crippen LogP contribution in [-0.2, 0) is 4.74 Å². The Balaban J connectivity index is 2.67. The Labute approximate surface area is 132 Å². The van der Waals surface area contributed by atoms with Crippen LogP contribution < -0.4 is 0 Å². The van der Waals surface area contributed by atoms with Gasteiger partial charge in [0.05, 0.1) is 6.04 Å². The van der Waals surface area contributed by atoms with E-state index in [4.69, 9.17) is 4.74 Å². The largest absolute Gasteiger partial charge is 0.444 e. The van der Waals surface area contributed by atoms with E-state index >= 15 is 0 Å². The van der Waals surface area contributed by atoms with Crippen LogP contribution in [0, 0.1) is 0 Å². The lowest BCUT2D eigenvalue weighted by Crippen LogP contribution is -2.40. The molecule has 0 spiro atoms. The fraction of sp³-hybridized carbons (Fsp3) is 0.733. The summed E-state index contributed by atoms with van der Waals surface area (Å²) in [6.45, 7) is 14.9. The molecule has 1 rings (SSSR count). The van der Waals surface area contributed by atoms with Crippen molar-refractivity contribution in [1.29, 1.82) is 0 Å². The van der Waals surface area contributed by atoms with Crippen molar-refractivity contribution < 1.29 is 9.53 Å². The summed E-state index contributed by atoms with van der Waals surface area (Å²) in [5, 5.41) is 5.77. The van der Waals surface area contributed by atoms with Crippen LogP contribution in [0.3, 0.4) is 0 Å². The SMILES string of the molecule is C=NN(/C(C)=N/C=N\CC)[C@@H]1CCN(C(=O)OC(C)(C)C)C1. The molecule has 0 N–H and O–H groups in total. The Hall–Kier alpha value is -1.92. The number of nitrogens with zero attached hydrogens (tertiary/aromatic N) is 5. The molecule has 1 amide bonds. The number of amides is 1. The van der Waals surface area contributed by atoms with Gasteiger partial charge in [-0.25, -0.2) is 14.8 Å². The fourth-order valence-corrected chi connectivity index (χ4v) is 2.18. The first kappa shape index (κ1) is 18.1. The molecule has 0 radical (unpaired) electrons. The zero-order chi connectivity index (χ0) is 16.8. The summed E-state index contributed by atoms with van der Waals surface area (Å²) >= 11 is 0. The quantitative estimate of drug-likeness (QED) is 0.455. The lowest BCUT2D eigenvalue weighted by atomic mass is 10.2. The number of aliphatic imine (C=N–C) groups is 2. The zero-order valence-electron chi connectivity index (χ0n) is 14.2. The van der Waals surface area contributed by atoms with Crippen LogP contribution >= 0.6 is 0 Å². The Bertz CT molecular complexity index is 453. The Morgan fingerprint density at radius 3 is 2.73 bits per heavy atom. The summed E-state index contributed by atoms with van der Waals surface area (Å²) in [6, 6.07) is 0.0591. The maximum atomic E-state index is 12.1. The van der Waals surface area contributed by atoms with E-state index in [9.17, 15) is 4.79 Å². The summed E-state index contributed by atoms with van der Waals surface area (Å²) < 4.78 is 5.39. The van der Waals surface area contributed by atoms with Crippen LogP contribution in [0.5, 0.6) is 0 Å². The first-order valence-corrected chi connectivity index (χ1v) is 7.55. The minimum absolute atomic E-state index is 0.0591. The normalized spacial score (nSPS) is 19.6. The van der Waals surface area contributed by atoms with Crippen molar-refractivity contribution in [2.45, 2.75) is 52.7 Å². The summed E-state index contributed by atoms with van der Waals surface area (Å²) in [5.74, 6) is 0.711. The van der Waals surface area contributed by atoms with E-state index < -0.39 is 5.60 Å². The number of amidine groups is 1. The highest BCUT2D eigenvalue weighted by Gasteiger charge is 2.33. The number of carbonyl (C=O) groups is 1. The van der Waals surface area contributed by atoms with Crippen molar-refractivity contribution in [3.05, 3.63) is 0 Å². The van der Waals surface area contributed by atoms with E-state index in [1.807, 2.05) is 34.6 Å². The van der Waals surface area contributed by atoms with Crippen LogP contribution in [0.1, 0.15) is 41.0 Å². The van der Waals surface area contributed by atoms with Crippen LogP contribution in [0.25, 0.3) is 0 Å². The van der Waals surface area contributed by atoms with Gasteiger partial charge < -0.3 is 9.64 Å². The van der Waals surface area contributed by atoms with Crippen molar-refractivity contribution in [3.8, 4) is 0 Å². The average molecular weight is 309 g/mol. The second-order valence-electron chi connectivity index (χ2n) is 6.15. The number of carbonyl (C=O) groups excluding carboxylic acids is 1. The molecule has 124 valence electrons. The minimum atomic E-state index is -0.487. The highest BCUT2D eigenvalue weighted by molar-refractivity contribution is 5.87. The Morgan fingerprint density at radius 1 is 1.50 bits per heavy atom. The molecular formula is C15H27N5O2. The van der Waals surface area contributed by atoms with Gasteiger partial charge in [-0.1, -0.05) is 0 Å². The second-order valence-corrected chi connectivity index (χ2v) is 6.15. The van der Waals surface area contributed by atoms with Gasteiger partial charge in [-0.3, -0.25) is 4.99 Å². The van der Waals surface area contributed by atoms with Crippen molar-refractivity contribution >= 4 is 25.0 Å². The molecule has 7 nitrogen and oxygen atoms in total. The summed E-state index contributed by atoms with van der Waals surface area (Å²) in [4.78, 5) is 22.1. The third-order valence-corrected chi connectivity index (χ3v) is 3.15. The number of hydrazone groups is 1. The topological polar surface area (TPSA) is 69.9 Å². The maximum absolute atomic E-state index is 12.1. The molecule has 0 bridgehead atoms. The molecular weight excluding hydrogens is 282 g/mol. The van der Waals surface area contributed by atoms with Crippen LogP contribution in [-0.4, -0.2) is 66.2 Å². The molecule has 0 aromatic carbocycles. The summed E-state index contributed by atoms with van der Waals surface area (Å²) in [7, 11) is 0. The van der Waals surface area contributed by atoms with Crippen LogP contribution in [0.4, 0.5) is 4.79 Å². The molecule has 1 aliphatic heterocycles. The molecule has 0 unspecified atom stereocenters. The van der Waals surface area contributed by atoms with Gasteiger partial charge in [-0.2, -0.15) is 5.10 Å². The third-order valence-electron chi connectivity index (χ3n) is 3.15. The van der Waals surface area contributed by atoms with Gasteiger partial charge in [-0.15, -0.1) is 0 Å². The lowest BCUT2D eigenvalue weighted by molar-refractivity contribution is 0.0286. The fourth-order valence-electron chi connectivity index (χ4n) is 2.18. The van der Waals surface area contributed by atoms with E-state index in [0.29, 0.717) is 25.5 Å². The monoisotopic (exact) mass is 309 g/mol. The van der Waals surface area contributed by atoms with E-state index in [-0.39, 0.29) is 12.1 Å². The van der Waals surface area contributed by atoms with E-state index in [0.717, 1.165) is 6.42 Å². The van der Waals surface area contributed by atoms with Crippen molar-refractivity contribution in [2.75, 3.05) is 19.6 Å². The van der Waals surface area contributed by atoms with Gasteiger partial charge >= 0.3 is 6.09 Å². The number of rotatable bonds is 4. The first-order valence-electron chi connectivity index (χ1n) is 7.55. The molecule has 0 aromatic heterocycles. The van der Waals surface area contributed by atoms with E-state index in [1.165, 1.54) is 6.34 Å². The number of likely N-dealkylation sites (tertiary alicyclic amines) is 1. The molecule has 1 aliphatic rings. The summed E-state index contributed by atoms with van der Waals surface area (Å²) in [6.07, 6.45) is 2.03. The van der Waals surface area contributed by atoms with Gasteiger partial charge in [-0.05, 0) is 41.0 Å². The van der Waals surface area contributed by atoms with Gasteiger partial charge in [0.15, 0.2) is 0 Å². The molecule has 0 aromatic rings. The standard InChI is InChI=1S/C15H27N5O2/c1-7-17-11-18-12(2)20(16-6)13-8-9-19(10-13)14(21)22-15(3,4)5/h11,13H,6-10H2,1-5H3/b17-11-,18-12+/t13-/m1/s1. The molecule has 1 saturated heterocycles. The van der Waals surface area contributed by atoms with E-state index in [1.54, 1.807) is 9.91 Å². The first-order chi connectivity index (χ1) is 10.3. The maximum Gasteiger partial charge on any atom is 0.410 e. The van der Waals surface area contributed by atoms with Gasteiger partial charge in [0.1, 0.15) is 17.8 Å². The van der Waals surface area contributed by atoms with E-state index in [2.05, 4.69) is 21.8 Å². The third kappa shape index (κ3) is 5.46. The number of hydrogen-bond donors (Lipinski definition) is 0. The van der Waals surface area contributed by atoms with Crippen molar-refractivity contribution in [2.24, 2.45) is 15.1 Å². The van der Waals surface area contributed by atoms with Crippen molar-refractivity contribution in [3.63, 3.8) is 0 Å². The summed E-state index contributed by atoms with van der Waals surface area (Å²) in [5.41, 5.74) is -0.487. The predicted molar refractivity (Wildman–Crippen MR) is 89.7 cm³/mol. The van der Waals surface area contributed by atoms with Crippen LogP contribution in [0.15, 0.2) is 15.1 Å². The smallest absolute Gasteiger partial charge is 0.410 e. The molecule has 0 aliphatic carbocycles.